The summed E-state index contributed by atoms with van der Waals surface area (Å²) in [4.78, 5) is 0. The first-order valence-corrected chi connectivity index (χ1v) is 7.28. The molecular weight excluding hydrogens is 321 g/mol. The van der Waals surface area contributed by atoms with Crippen molar-refractivity contribution >= 4 is 15.9 Å². The second kappa shape index (κ2) is 5.28. The molecule has 2 nitrogen and oxygen atoms in total. The average molecular weight is 336 g/mol. The van der Waals surface area contributed by atoms with Crippen molar-refractivity contribution in [2.45, 2.75) is 12.0 Å². The van der Waals surface area contributed by atoms with Crippen molar-refractivity contribution in [3.63, 3.8) is 0 Å². The summed E-state index contributed by atoms with van der Waals surface area (Å²) in [5.41, 5.74) is 8.05. The molecular formula is C16H15BrFNO. The molecule has 1 aliphatic rings. The van der Waals surface area contributed by atoms with E-state index in [0.29, 0.717) is 25.3 Å². The van der Waals surface area contributed by atoms with Crippen LogP contribution in [0.15, 0.2) is 46.9 Å². The summed E-state index contributed by atoms with van der Waals surface area (Å²) >= 11 is 3.41. The molecule has 0 unspecified atom stereocenters. The number of ether oxygens (including phenoxy) is 1. The molecule has 0 bridgehead atoms. The number of hydrogen-bond donors (Lipinski definition) is 1. The van der Waals surface area contributed by atoms with E-state index in [-0.39, 0.29) is 11.2 Å². The van der Waals surface area contributed by atoms with Crippen molar-refractivity contribution in [2.24, 2.45) is 5.73 Å². The van der Waals surface area contributed by atoms with Gasteiger partial charge in [-0.2, -0.15) is 0 Å². The Bertz CT molecular complexity index is 623. The molecule has 104 valence electrons. The van der Waals surface area contributed by atoms with E-state index < -0.39 is 0 Å². The molecule has 1 fully saturated rings. The van der Waals surface area contributed by atoms with Crippen molar-refractivity contribution < 1.29 is 9.13 Å². The summed E-state index contributed by atoms with van der Waals surface area (Å²) in [5.74, 6) is -0.195. The van der Waals surface area contributed by atoms with Gasteiger partial charge in [-0.25, -0.2) is 4.39 Å². The Morgan fingerprint density at radius 1 is 1.15 bits per heavy atom. The quantitative estimate of drug-likeness (QED) is 0.933. The molecule has 0 spiro atoms. The number of hydrogen-bond acceptors (Lipinski definition) is 2. The van der Waals surface area contributed by atoms with Gasteiger partial charge in [-0.3, -0.25) is 0 Å². The smallest absolute Gasteiger partial charge is 0.127 e. The fraction of sp³-hybridized carbons (Fsp3) is 0.250. The largest absolute Gasteiger partial charge is 0.379 e. The standard InChI is InChI=1S/C16H15BrFNO/c17-13-5-6-15(18)14(7-13)16(9-20-10-16)12-3-1-11(8-19)2-4-12/h1-7H,8-10,19H2. The number of halogens is 2. The van der Waals surface area contributed by atoms with E-state index in [9.17, 15) is 4.39 Å². The first kappa shape index (κ1) is 13.7. The lowest BCUT2D eigenvalue weighted by molar-refractivity contribution is -0.0395. The molecule has 2 N–H and O–H groups in total. The van der Waals surface area contributed by atoms with E-state index in [1.54, 1.807) is 6.07 Å². The Kier molecular flexibility index (Phi) is 3.63. The van der Waals surface area contributed by atoms with Crippen LogP contribution < -0.4 is 5.73 Å². The van der Waals surface area contributed by atoms with Gasteiger partial charge in [0.25, 0.3) is 0 Å². The second-order valence-electron chi connectivity index (χ2n) is 5.10. The lowest BCUT2D eigenvalue weighted by Crippen LogP contribution is -2.48. The van der Waals surface area contributed by atoms with Gasteiger partial charge in [0, 0.05) is 16.6 Å². The van der Waals surface area contributed by atoms with Gasteiger partial charge in [0.05, 0.1) is 18.6 Å². The van der Waals surface area contributed by atoms with Crippen LogP contribution in [-0.2, 0) is 16.7 Å². The highest BCUT2D eigenvalue weighted by Crippen LogP contribution is 2.41. The van der Waals surface area contributed by atoms with E-state index in [2.05, 4.69) is 15.9 Å². The van der Waals surface area contributed by atoms with E-state index >= 15 is 0 Å². The summed E-state index contributed by atoms with van der Waals surface area (Å²) in [7, 11) is 0. The summed E-state index contributed by atoms with van der Waals surface area (Å²) < 4.78 is 20.5. The van der Waals surface area contributed by atoms with Crippen molar-refractivity contribution in [1.29, 1.82) is 0 Å². The third kappa shape index (κ3) is 2.18. The van der Waals surface area contributed by atoms with Crippen molar-refractivity contribution in [1.82, 2.24) is 0 Å². The van der Waals surface area contributed by atoms with Crippen LogP contribution in [0.25, 0.3) is 0 Å². The molecule has 0 radical (unpaired) electrons. The highest BCUT2D eigenvalue weighted by molar-refractivity contribution is 9.10. The Morgan fingerprint density at radius 2 is 1.85 bits per heavy atom. The fourth-order valence-electron chi connectivity index (χ4n) is 2.61. The van der Waals surface area contributed by atoms with Gasteiger partial charge < -0.3 is 10.5 Å². The molecule has 2 aromatic rings. The van der Waals surface area contributed by atoms with Gasteiger partial charge in [-0.1, -0.05) is 40.2 Å². The molecule has 2 aromatic carbocycles. The predicted octanol–water partition coefficient (Wildman–Crippen LogP) is 3.36. The lowest BCUT2D eigenvalue weighted by Gasteiger charge is -2.42. The van der Waals surface area contributed by atoms with Crippen LogP contribution in [0.1, 0.15) is 16.7 Å². The molecule has 0 amide bonds. The number of benzene rings is 2. The second-order valence-corrected chi connectivity index (χ2v) is 6.02. The zero-order chi connectivity index (χ0) is 14.2. The maximum Gasteiger partial charge on any atom is 0.127 e. The Morgan fingerprint density at radius 3 is 2.40 bits per heavy atom. The van der Waals surface area contributed by atoms with Crippen molar-refractivity contribution in [2.75, 3.05) is 13.2 Å². The van der Waals surface area contributed by atoms with Crippen molar-refractivity contribution in [3.8, 4) is 0 Å². The molecule has 1 saturated heterocycles. The van der Waals surface area contributed by atoms with Crippen LogP contribution >= 0.6 is 15.9 Å². The summed E-state index contributed by atoms with van der Waals surface area (Å²) in [6.07, 6.45) is 0. The van der Waals surface area contributed by atoms with E-state index in [4.69, 9.17) is 10.5 Å². The summed E-state index contributed by atoms with van der Waals surface area (Å²) in [6, 6.07) is 13.1. The summed E-state index contributed by atoms with van der Waals surface area (Å²) in [5, 5.41) is 0. The van der Waals surface area contributed by atoms with Gasteiger partial charge >= 0.3 is 0 Å². The van der Waals surface area contributed by atoms with E-state index in [1.807, 2.05) is 30.3 Å². The first-order chi connectivity index (χ1) is 9.65. The van der Waals surface area contributed by atoms with Gasteiger partial charge in [-0.05, 0) is 29.3 Å². The van der Waals surface area contributed by atoms with Crippen LogP contribution in [0.5, 0.6) is 0 Å². The SMILES string of the molecule is NCc1ccc(C2(c3cc(Br)ccc3F)COC2)cc1. The minimum Gasteiger partial charge on any atom is -0.379 e. The summed E-state index contributed by atoms with van der Waals surface area (Å²) in [6.45, 7) is 1.51. The maximum absolute atomic E-state index is 14.2. The Balaban J connectivity index is 2.08. The molecule has 1 heterocycles. The monoisotopic (exact) mass is 335 g/mol. The molecule has 0 atom stereocenters. The topological polar surface area (TPSA) is 35.2 Å². The number of rotatable bonds is 3. The Hall–Kier alpha value is -1.23. The maximum atomic E-state index is 14.2. The van der Waals surface area contributed by atoms with Crippen LogP contribution in [-0.4, -0.2) is 13.2 Å². The van der Waals surface area contributed by atoms with E-state index in [0.717, 1.165) is 15.6 Å². The van der Waals surface area contributed by atoms with Crippen LogP contribution in [0, 0.1) is 5.82 Å². The highest BCUT2D eigenvalue weighted by Gasteiger charge is 2.43. The molecule has 4 heteroatoms. The van der Waals surface area contributed by atoms with Gasteiger partial charge in [0.15, 0.2) is 0 Å². The molecule has 1 aliphatic heterocycles. The minimum absolute atomic E-state index is 0.195. The highest BCUT2D eigenvalue weighted by atomic mass is 79.9. The average Bonchev–Trinajstić information content (AvgIpc) is 2.42. The van der Waals surface area contributed by atoms with E-state index in [1.165, 1.54) is 6.07 Å². The minimum atomic E-state index is -0.388. The zero-order valence-corrected chi connectivity index (χ0v) is 12.5. The fourth-order valence-corrected chi connectivity index (χ4v) is 2.97. The van der Waals surface area contributed by atoms with Crippen molar-refractivity contribution in [3.05, 3.63) is 69.4 Å². The molecule has 20 heavy (non-hydrogen) atoms. The molecule has 3 rings (SSSR count). The van der Waals surface area contributed by atoms with Gasteiger partial charge in [0.1, 0.15) is 5.82 Å². The molecule has 0 aliphatic carbocycles. The zero-order valence-electron chi connectivity index (χ0n) is 10.9. The third-order valence-electron chi connectivity index (χ3n) is 3.88. The number of nitrogens with two attached hydrogens (primary N) is 1. The van der Waals surface area contributed by atoms with Crippen LogP contribution in [0.4, 0.5) is 4.39 Å². The first-order valence-electron chi connectivity index (χ1n) is 6.48. The van der Waals surface area contributed by atoms with Crippen LogP contribution in [0.3, 0.4) is 0 Å². The Labute approximate surface area is 125 Å². The normalized spacial score (nSPS) is 16.8. The molecule has 0 saturated carbocycles. The lowest BCUT2D eigenvalue weighted by atomic mass is 9.72. The van der Waals surface area contributed by atoms with Gasteiger partial charge in [-0.15, -0.1) is 0 Å². The molecule has 0 aromatic heterocycles. The van der Waals surface area contributed by atoms with Crippen LogP contribution in [0.2, 0.25) is 0 Å². The third-order valence-corrected chi connectivity index (χ3v) is 4.38. The van der Waals surface area contributed by atoms with Gasteiger partial charge in [0.2, 0.25) is 0 Å². The predicted molar refractivity (Wildman–Crippen MR) is 80.0 cm³/mol.